The molecule has 0 spiro atoms. The zero-order valence-corrected chi connectivity index (χ0v) is 11.8. The largest absolute Gasteiger partial charge is 0.366 e. The van der Waals surface area contributed by atoms with Gasteiger partial charge in [0.25, 0.3) is 0 Å². The van der Waals surface area contributed by atoms with Crippen LogP contribution < -0.4 is 11.1 Å². The maximum Gasteiger partial charge on any atom is 0.248 e. The molecule has 1 aliphatic rings. The van der Waals surface area contributed by atoms with Crippen LogP contribution in [0.3, 0.4) is 0 Å². The van der Waals surface area contributed by atoms with E-state index in [1.165, 1.54) is 0 Å². The molecule has 1 aromatic carbocycles. The van der Waals surface area contributed by atoms with E-state index in [0.717, 1.165) is 38.0 Å². The van der Waals surface area contributed by atoms with E-state index in [-0.39, 0.29) is 11.8 Å². The Balaban J connectivity index is 1.86. The summed E-state index contributed by atoms with van der Waals surface area (Å²) in [5.41, 5.74) is 6.91. The summed E-state index contributed by atoms with van der Waals surface area (Å²) in [5, 5.41) is 2.71. The highest BCUT2D eigenvalue weighted by Gasteiger charge is 2.23. The number of likely N-dealkylation sites (tertiary alicyclic amines) is 1. The lowest BCUT2D eigenvalue weighted by Gasteiger charge is -2.31. The van der Waals surface area contributed by atoms with Crippen molar-refractivity contribution in [3.63, 3.8) is 0 Å². The van der Waals surface area contributed by atoms with E-state index in [1.54, 1.807) is 19.2 Å². The fourth-order valence-electron chi connectivity index (χ4n) is 2.59. The molecule has 0 saturated carbocycles. The second-order valence-corrected chi connectivity index (χ2v) is 5.23. The summed E-state index contributed by atoms with van der Waals surface area (Å²) >= 11 is 0. The molecular weight excluding hydrogens is 254 g/mol. The molecular formula is C15H21N3O2. The van der Waals surface area contributed by atoms with Crippen molar-refractivity contribution in [2.24, 2.45) is 11.7 Å². The summed E-state index contributed by atoms with van der Waals surface area (Å²) in [5.74, 6) is -0.105. The van der Waals surface area contributed by atoms with Gasteiger partial charge >= 0.3 is 0 Å². The van der Waals surface area contributed by atoms with Crippen molar-refractivity contribution < 1.29 is 9.59 Å². The molecule has 1 saturated heterocycles. The number of carbonyl (C=O) groups excluding carboxylic acids is 2. The Morgan fingerprint density at radius 3 is 2.35 bits per heavy atom. The fraction of sp³-hybridized carbons (Fsp3) is 0.467. The molecule has 0 radical (unpaired) electrons. The first-order chi connectivity index (χ1) is 9.60. The van der Waals surface area contributed by atoms with Crippen LogP contribution in [0, 0.1) is 5.92 Å². The van der Waals surface area contributed by atoms with Crippen LogP contribution in [0.25, 0.3) is 0 Å². The standard InChI is InChI=1S/C15H21N3O2/c1-17-15(20)13-6-8-18(9-7-13)10-11-2-4-12(5-3-11)14(16)19/h2-5,13H,6-10H2,1H3,(H2,16,19)(H,17,20). The summed E-state index contributed by atoms with van der Waals surface area (Å²) in [6.07, 6.45) is 1.80. The van der Waals surface area contributed by atoms with E-state index >= 15 is 0 Å². The van der Waals surface area contributed by atoms with Crippen molar-refractivity contribution in [3.05, 3.63) is 35.4 Å². The molecule has 2 rings (SSSR count). The summed E-state index contributed by atoms with van der Waals surface area (Å²) in [7, 11) is 1.69. The van der Waals surface area contributed by atoms with Gasteiger partial charge < -0.3 is 11.1 Å². The molecule has 0 aliphatic carbocycles. The lowest BCUT2D eigenvalue weighted by Crippen LogP contribution is -2.39. The number of benzene rings is 1. The number of amides is 2. The number of primary amides is 1. The molecule has 108 valence electrons. The number of nitrogens with two attached hydrogens (primary N) is 1. The Morgan fingerprint density at radius 1 is 1.25 bits per heavy atom. The van der Waals surface area contributed by atoms with Gasteiger partial charge in [-0.05, 0) is 43.6 Å². The SMILES string of the molecule is CNC(=O)C1CCN(Cc2ccc(C(N)=O)cc2)CC1. The van der Waals surface area contributed by atoms with Gasteiger partial charge in [-0.25, -0.2) is 0 Å². The van der Waals surface area contributed by atoms with Crippen molar-refractivity contribution in [2.75, 3.05) is 20.1 Å². The molecule has 5 heteroatoms. The van der Waals surface area contributed by atoms with Gasteiger partial charge in [0, 0.05) is 25.1 Å². The van der Waals surface area contributed by atoms with Crippen LogP contribution in [-0.2, 0) is 11.3 Å². The average molecular weight is 275 g/mol. The summed E-state index contributed by atoms with van der Waals surface area (Å²) in [6, 6.07) is 7.39. The van der Waals surface area contributed by atoms with E-state index in [1.807, 2.05) is 12.1 Å². The number of nitrogens with one attached hydrogen (secondary N) is 1. The second kappa shape index (κ2) is 6.52. The monoisotopic (exact) mass is 275 g/mol. The number of rotatable bonds is 4. The normalized spacial score (nSPS) is 16.9. The second-order valence-electron chi connectivity index (χ2n) is 5.23. The van der Waals surface area contributed by atoms with Gasteiger partial charge in [-0.15, -0.1) is 0 Å². The van der Waals surface area contributed by atoms with Crippen LogP contribution in [0.5, 0.6) is 0 Å². The third-order valence-corrected chi connectivity index (χ3v) is 3.85. The average Bonchev–Trinajstić information content (AvgIpc) is 2.48. The Bertz CT molecular complexity index is 476. The van der Waals surface area contributed by atoms with Gasteiger partial charge in [0.15, 0.2) is 0 Å². The maximum atomic E-state index is 11.6. The summed E-state index contributed by atoms with van der Waals surface area (Å²) in [4.78, 5) is 24.9. The van der Waals surface area contributed by atoms with E-state index in [4.69, 9.17) is 5.73 Å². The molecule has 1 fully saturated rings. The molecule has 1 heterocycles. The molecule has 1 aliphatic heterocycles. The Labute approximate surface area is 119 Å². The van der Waals surface area contributed by atoms with Gasteiger partial charge in [0.05, 0.1) is 0 Å². The molecule has 5 nitrogen and oxygen atoms in total. The van der Waals surface area contributed by atoms with Crippen molar-refractivity contribution in [2.45, 2.75) is 19.4 Å². The molecule has 0 atom stereocenters. The summed E-state index contributed by atoms with van der Waals surface area (Å²) < 4.78 is 0. The lowest BCUT2D eigenvalue weighted by atomic mass is 9.95. The quantitative estimate of drug-likeness (QED) is 0.851. The zero-order chi connectivity index (χ0) is 14.5. The molecule has 0 bridgehead atoms. The fourth-order valence-corrected chi connectivity index (χ4v) is 2.59. The zero-order valence-electron chi connectivity index (χ0n) is 11.8. The van der Waals surface area contributed by atoms with Crippen molar-refractivity contribution in [1.82, 2.24) is 10.2 Å². The van der Waals surface area contributed by atoms with Crippen LogP contribution in [0.2, 0.25) is 0 Å². The minimum Gasteiger partial charge on any atom is -0.366 e. The number of carbonyl (C=O) groups is 2. The predicted molar refractivity (Wildman–Crippen MR) is 77.0 cm³/mol. The van der Waals surface area contributed by atoms with Gasteiger partial charge in [-0.3, -0.25) is 14.5 Å². The maximum absolute atomic E-state index is 11.6. The van der Waals surface area contributed by atoms with Gasteiger partial charge in [-0.1, -0.05) is 12.1 Å². The van der Waals surface area contributed by atoms with E-state index < -0.39 is 5.91 Å². The Kier molecular flexibility index (Phi) is 4.74. The van der Waals surface area contributed by atoms with Crippen LogP contribution in [0.1, 0.15) is 28.8 Å². The highest BCUT2D eigenvalue weighted by atomic mass is 16.2. The van der Waals surface area contributed by atoms with E-state index in [2.05, 4.69) is 10.2 Å². The van der Waals surface area contributed by atoms with Crippen molar-refractivity contribution in [1.29, 1.82) is 0 Å². The predicted octanol–water partition coefficient (Wildman–Crippen LogP) is 0.743. The minimum absolute atomic E-state index is 0.147. The first-order valence-electron chi connectivity index (χ1n) is 6.93. The van der Waals surface area contributed by atoms with Crippen LogP contribution in [0.4, 0.5) is 0 Å². The third kappa shape index (κ3) is 3.57. The Morgan fingerprint density at radius 2 is 1.85 bits per heavy atom. The van der Waals surface area contributed by atoms with Crippen LogP contribution in [-0.4, -0.2) is 36.9 Å². The summed E-state index contributed by atoms with van der Waals surface area (Å²) in [6.45, 7) is 2.70. The number of piperidine rings is 1. The number of hydrogen-bond acceptors (Lipinski definition) is 3. The van der Waals surface area contributed by atoms with Gasteiger partial charge in [-0.2, -0.15) is 0 Å². The first kappa shape index (κ1) is 14.5. The molecule has 0 unspecified atom stereocenters. The first-order valence-corrected chi connectivity index (χ1v) is 6.93. The smallest absolute Gasteiger partial charge is 0.248 e. The minimum atomic E-state index is -0.400. The molecule has 0 aromatic heterocycles. The molecule has 3 N–H and O–H groups in total. The lowest BCUT2D eigenvalue weighted by molar-refractivity contribution is -0.125. The molecule has 1 aromatic rings. The highest BCUT2D eigenvalue weighted by Crippen LogP contribution is 2.19. The van der Waals surface area contributed by atoms with Crippen molar-refractivity contribution in [3.8, 4) is 0 Å². The topological polar surface area (TPSA) is 75.4 Å². The third-order valence-electron chi connectivity index (χ3n) is 3.85. The van der Waals surface area contributed by atoms with E-state index in [9.17, 15) is 9.59 Å². The van der Waals surface area contributed by atoms with Crippen LogP contribution in [0.15, 0.2) is 24.3 Å². The highest BCUT2D eigenvalue weighted by molar-refractivity contribution is 5.92. The van der Waals surface area contributed by atoms with Crippen molar-refractivity contribution >= 4 is 11.8 Å². The van der Waals surface area contributed by atoms with Gasteiger partial charge in [0.2, 0.25) is 11.8 Å². The Hall–Kier alpha value is -1.88. The molecule has 20 heavy (non-hydrogen) atoms. The number of hydrogen-bond donors (Lipinski definition) is 2. The van der Waals surface area contributed by atoms with E-state index in [0.29, 0.717) is 5.56 Å². The number of nitrogens with zero attached hydrogens (tertiary/aromatic N) is 1. The molecule has 2 amide bonds. The van der Waals surface area contributed by atoms with Crippen LogP contribution >= 0.6 is 0 Å². The van der Waals surface area contributed by atoms with Gasteiger partial charge in [0.1, 0.15) is 0 Å².